The highest BCUT2D eigenvalue weighted by Crippen LogP contribution is 2.27. The predicted molar refractivity (Wildman–Crippen MR) is 78.0 cm³/mol. The van der Waals surface area contributed by atoms with Crippen LogP contribution >= 0.6 is 0 Å². The van der Waals surface area contributed by atoms with Crippen molar-refractivity contribution in [1.29, 1.82) is 0 Å². The third-order valence-corrected chi connectivity index (χ3v) is 4.62. The number of nitrogens with zero attached hydrogens (tertiary/aromatic N) is 2. The van der Waals surface area contributed by atoms with Crippen molar-refractivity contribution >= 4 is 0 Å². The van der Waals surface area contributed by atoms with Gasteiger partial charge in [0.1, 0.15) is 0 Å². The second kappa shape index (κ2) is 6.88. The molecule has 1 saturated carbocycles. The van der Waals surface area contributed by atoms with E-state index in [1.54, 1.807) is 0 Å². The van der Waals surface area contributed by atoms with E-state index < -0.39 is 0 Å². The van der Waals surface area contributed by atoms with Gasteiger partial charge in [-0.05, 0) is 46.8 Å². The molecule has 3 nitrogen and oxygen atoms in total. The van der Waals surface area contributed by atoms with Gasteiger partial charge in [-0.3, -0.25) is 4.90 Å². The zero-order valence-electron chi connectivity index (χ0n) is 12.5. The van der Waals surface area contributed by atoms with Gasteiger partial charge in [0.2, 0.25) is 0 Å². The number of rotatable bonds is 3. The minimum absolute atomic E-state index is 0.695. The molecule has 2 fully saturated rings. The van der Waals surface area contributed by atoms with Crippen molar-refractivity contribution in [3.63, 3.8) is 0 Å². The summed E-state index contributed by atoms with van der Waals surface area (Å²) in [7, 11) is 4.41. The van der Waals surface area contributed by atoms with Crippen LogP contribution in [0.2, 0.25) is 0 Å². The highest BCUT2D eigenvalue weighted by Gasteiger charge is 2.32. The first-order chi connectivity index (χ1) is 8.68. The first kappa shape index (κ1) is 14.3. The largest absolute Gasteiger partial charge is 0.315 e. The Labute approximate surface area is 113 Å². The molecule has 1 heterocycles. The van der Waals surface area contributed by atoms with Crippen LogP contribution in [0, 0.1) is 0 Å². The topological polar surface area (TPSA) is 18.5 Å². The Bertz CT molecular complexity index is 236. The van der Waals surface area contributed by atoms with E-state index >= 15 is 0 Å². The number of likely N-dealkylation sites (N-methyl/N-ethyl adjacent to an activating group) is 1. The number of hydrogen-bond donors (Lipinski definition) is 1. The lowest BCUT2D eigenvalue weighted by molar-refractivity contribution is 0.0581. The maximum atomic E-state index is 3.63. The predicted octanol–water partition coefficient (Wildman–Crippen LogP) is 1.93. The molecular formula is C15H31N3. The molecule has 106 valence electrons. The van der Waals surface area contributed by atoms with Gasteiger partial charge in [0.05, 0.1) is 0 Å². The summed E-state index contributed by atoms with van der Waals surface area (Å²) in [4.78, 5) is 5.21. The molecule has 2 atom stereocenters. The van der Waals surface area contributed by atoms with Crippen LogP contribution in [0.25, 0.3) is 0 Å². The smallest absolute Gasteiger partial charge is 0.0353 e. The van der Waals surface area contributed by atoms with Crippen LogP contribution in [0.1, 0.15) is 45.4 Å². The Morgan fingerprint density at radius 1 is 1.11 bits per heavy atom. The fourth-order valence-electron chi connectivity index (χ4n) is 3.81. The van der Waals surface area contributed by atoms with Crippen molar-refractivity contribution in [1.82, 2.24) is 15.1 Å². The Balaban J connectivity index is 2.06. The third kappa shape index (κ3) is 3.69. The van der Waals surface area contributed by atoms with E-state index in [9.17, 15) is 0 Å². The highest BCUT2D eigenvalue weighted by atomic mass is 15.3. The van der Waals surface area contributed by atoms with Gasteiger partial charge in [-0.1, -0.05) is 19.3 Å². The molecule has 2 unspecified atom stereocenters. The molecule has 1 aliphatic heterocycles. The van der Waals surface area contributed by atoms with E-state index in [4.69, 9.17) is 0 Å². The lowest BCUT2D eigenvalue weighted by Crippen LogP contribution is -2.53. The molecule has 2 aliphatic rings. The molecule has 0 bridgehead atoms. The summed E-state index contributed by atoms with van der Waals surface area (Å²) < 4.78 is 0. The van der Waals surface area contributed by atoms with E-state index in [2.05, 4.69) is 36.1 Å². The van der Waals surface area contributed by atoms with Gasteiger partial charge < -0.3 is 10.2 Å². The summed E-state index contributed by atoms with van der Waals surface area (Å²) in [5, 5.41) is 3.63. The Morgan fingerprint density at radius 2 is 1.83 bits per heavy atom. The maximum Gasteiger partial charge on any atom is 0.0353 e. The lowest BCUT2D eigenvalue weighted by atomic mass is 9.91. The first-order valence-electron chi connectivity index (χ1n) is 7.81. The van der Waals surface area contributed by atoms with Gasteiger partial charge in [-0.2, -0.15) is 0 Å². The Kier molecular flexibility index (Phi) is 5.46. The molecule has 0 aromatic rings. The fraction of sp³-hybridized carbons (Fsp3) is 1.00. The zero-order valence-corrected chi connectivity index (χ0v) is 12.5. The molecule has 2 rings (SSSR count). The molecule has 1 saturated heterocycles. The van der Waals surface area contributed by atoms with Gasteiger partial charge in [-0.25, -0.2) is 0 Å². The minimum Gasteiger partial charge on any atom is -0.315 e. The minimum atomic E-state index is 0.695. The molecule has 0 spiro atoms. The van der Waals surface area contributed by atoms with Crippen molar-refractivity contribution < 1.29 is 0 Å². The normalized spacial score (nSPS) is 32.7. The summed E-state index contributed by atoms with van der Waals surface area (Å²) in [5.41, 5.74) is 0. The summed E-state index contributed by atoms with van der Waals surface area (Å²) in [5.74, 6) is 0. The van der Waals surface area contributed by atoms with Crippen molar-refractivity contribution in [2.75, 3.05) is 33.7 Å². The molecule has 1 aliphatic carbocycles. The van der Waals surface area contributed by atoms with Crippen LogP contribution < -0.4 is 5.32 Å². The summed E-state index contributed by atoms with van der Waals surface area (Å²) in [6, 6.07) is 2.28. The fourth-order valence-corrected chi connectivity index (χ4v) is 3.81. The average molecular weight is 253 g/mol. The molecule has 0 aromatic heterocycles. The van der Waals surface area contributed by atoms with Gasteiger partial charge in [0.25, 0.3) is 0 Å². The molecule has 0 amide bonds. The quantitative estimate of drug-likeness (QED) is 0.829. The third-order valence-electron chi connectivity index (χ3n) is 4.62. The first-order valence-corrected chi connectivity index (χ1v) is 7.81. The number of nitrogens with one attached hydrogen (secondary N) is 1. The van der Waals surface area contributed by atoms with E-state index in [1.165, 1.54) is 58.2 Å². The van der Waals surface area contributed by atoms with Crippen LogP contribution in [0.15, 0.2) is 0 Å². The van der Waals surface area contributed by atoms with E-state index in [-0.39, 0.29) is 0 Å². The second-order valence-corrected chi connectivity index (χ2v) is 6.50. The summed E-state index contributed by atoms with van der Waals surface area (Å²) in [6.07, 6.45) is 8.49. The highest BCUT2D eigenvalue weighted by molar-refractivity contribution is 4.89. The standard InChI is InChI=1S/C15H31N3/c1-13-9-10-16-11-15(12-17(2)3)18(13)14-7-5-4-6-8-14/h13-16H,4-12H2,1-3H3. The SMILES string of the molecule is CC1CCNCC(CN(C)C)N1C1CCCCC1. The molecule has 3 heteroatoms. The molecule has 18 heavy (non-hydrogen) atoms. The summed E-state index contributed by atoms with van der Waals surface area (Å²) in [6.45, 7) is 5.98. The van der Waals surface area contributed by atoms with E-state index in [1.807, 2.05) is 0 Å². The summed E-state index contributed by atoms with van der Waals surface area (Å²) >= 11 is 0. The van der Waals surface area contributed by atoms with Crippen LogP contribution in [-0.2, 0) is 0 Å². The Hall–Kier alpha value is -0.120. The lowest BCUT2D eigenvalue weighted by Gasteiger charge is -2.43. The van der Waals surface area contributed by atoms with Gasteiger partial charge in [-0.15, -0.1) is 0 Å². The van der Waals surface area contributed by atoms with Crippen LogP contribution in [0.4, 0.5) is 0 Å². The maximum absolute atomic E-state index is 3.63. The number of hydrogen-bond acceptors (Lipinski definition) is 3. The second-order valence-electron chi connectivity index (χ2n) is 6.50. The Morgan fingerprint density at radius 3 is 2.50 bits per heavy atom. The van der Waals surface area contributed by atoms with Crippen LogP contribution in [-0.4, -0.2) is 61.7 Å². The van der Waals surface area contributed by atoms with Gasteiger partial charge in [0.15, 0.2) is 0 Å². The molecule has 0 radical (unpaired) electrons. The van der Waals surface area contributed by atoms with E-state index in [0.717, 1.165) is 12.1 Å². The monoisotopic (exact) mass is 253 g/mol. The van der Waals surface area contributed by atoms with Gasteiger partial charge in [0, 0.05) is 31.2 Å². The van der Waals surface area contributed by atoms with E-state index in [0.29, 0.717) is 6.04 Å². The van der Waals surface area contributed by atoms with Gasteiger partial charge >= 0.3 is 0 Å². The van der Waals surface area contributed by atoms with Crippen LogP contribution in [0.5, 0.6) is 0 Å². The van der Waals surface area contributed by atoms with Crippen LogP contribution in [0.3, 0.4) is 0 Å². The van der Waals surface area contributed by atoms with Crippen molar-refractivity contribution in [3.8, 4) is 0 Å². The molecule has 0 aromatic carbocycles. The zero-order chi connectivity index (χ0) is 13.0. The molecular weight excluding hydrogens is 222 g/mol. The van der Waals surface area contributed by atoms with Crippen molar-refractivity contribution in [3.05, 3.63) is 0 Å². The van der Waals surface area contributed by atoms with Crippen molar-refractivity contribution in [2.24, 2.45) is 0 Å². The van der Waals surface area contributed by atoms with Crippen molar-refractivity contribution in [2.45, 2.75) is 63.6 Å². The molecule has 1 N–H and O–H groups in total. The average Bonchev–Trinajstić information content (AvgIpc) is 2.51.